The average molecular weight is 297 g/mol. The van der Waals surface area contributed by atoms with Gasteiger partial charge in [0.05, 0.1) is 12.7 Å². The number of allylic oxidation sites excluding steroid dienone is 1. The number of hydrogen-bond donors (Lipinski definition) is 2. The monoisotopic (exact) mass is 296 g/mol. The number of dihydropyridines is 1. The van der Waals surface area contributed by atoms with Crippen LogP contribution in [0.5, 0.6) is 0 Å². The molecule has 20 heavy (non-hydrogen) atoms. The van der Waals surface area contributed by atoms with Gasteiger partial charge in [-0.05, 0) is 12.1 Å². The maximum Gasteiger partial charge on any atom is 0.336 e. The highest BCUT2D eigenvalue weighted by atomic mass is 35.5. The van der Waals surface area contributed by atoms with Crippen LogP contribution < -0.4 is 5.32 Å². The molecular weight excluding hydrogens is 280 g/mol. The normalized spacial score (nSPS) is 16.9. The Kier molecular flexibility index (Phi) is 6.06. The molecule has 5 nitrogen and oxygen atoms in total. The number of carboxylic acid groups (broad SMARTS) is 1. The van der Waals surface area contributed by atoms with Crippen molar-refractivity contribution in [2.24, 2.45) is 0 Å². The summed E-state index contributed by atoms with van der Waals surface area (Å²) in [6, 6.07) is 1.44. The summed E-state index contributed by atoms with van der Waals surface area (Å²) in [5, 5.41) is 12.0. The lowest BCUT2D eigenvalue weighted by molar-refractivity contribution is 0.0696. The highest BCUT2D eigenvalue weighted by Gasteiger charge is 2.20. The van der Waals surface area contributed by atoms with Gasteiger partial charge in [-0.2, -0.15) is 0 Å². The maximum atomic E-state index is 11.2. The molecule has 2 N–H and O–H groups in total. The van der Waals surface area contributed by atoms with Crippen molar-refractivity contribution in [1.82, 2.24) is 10.3 Å². The Bertz CT molecular complexity index is 541. The number of halogens is 1. The zero-order valence-corrected chi connectivity index (χ0v) is 12.3. The second-order valence-electron chi connectivity index (χ2n) is 3.59. The summed E-state index contributed by atoms with van der Waals surface area (Å²) in [5.41, 5.74) is 0.831. The summed E-state index contributed by atoms with van der Waals surface area (Å²) in [6.45, 7) is 4.00. The molecule has 6 heteroatoms. The Hall–Kier alpha value is -2.01. The predicted molar refractivity (Wildman–Crippen MR) is 78.4 cm³/mol. The first-order chi connectivity index (χ1) is 9.63. The lowest BCUT2D eigenvalue weighted by atomic mass is 9.99. The minimum atomic E-state index is -1.02. The summed E-state index contributed by atoms with van der Waals surface area (Å²) < 4.78 is 5.19. The molecule has 1 aliphatic rings. The van der Waals surface area contributed by atoms with E-state index in [4.69, 9.17) is 21.4 Å². The molecule has 0 aromatic carbocycles. The molecule has 1 aliphatic heterocycles. The number of pyridine rings is 1. The largest absolute Gasteiger partial charge is 0.495 e. The summed E-state index contributed by atoms with van der Waals surface area (Å²) >= 11 is 5.96. The summed E-state index contributed by atoms with van der Waals surface area (Å²) in [7, 11) is 1.51. The van der Waals surface area contributed by atoms with Crippen LogP contribution in [0.15, 0.2) is 36.5 Å². The third kappa shape index (κ3) is 3.51. The van der Waals surface area contributed by atoms with Gasteiger partial charge in [-0.3, -0.25) is 4.98 Å². The molecule has 2 rings (SSSR count). The lowest BCUT2D eigenvalue weighted by Crippen LogP contribution is -2.21. The SMILES string of the molecule is CC.COC1=CNC(Cl)C=C1c1cnccc1C(=O)O. The van der Waals surface area contributed by atoms with Gasteiger partial charge in [0.1, 0.15) is 11.3 Å². The molecule has 0 saturated heterocycles. The zero-order chi connectivity index (χ0) is 15.1. The number of ether oxygens (including phenoxy) is 1. The van der Waals surface area contributed by atoms with Gasteiger partial charge < -0.3 is 15.2 Å². The third-order valence-electron chi connectivity index (χ3n) is 2.51. The third-order valence-corrected chi connectivity index (χ3v) is 2.77. The molecule has 1 aromatic heterocycles. The van der Waals surface area contributed by atoms with Gasteiger partial charge in [-0.25, -0.2) is 4.79 Å². The van der Waals surface area contributed by atoms with Crippen LogP contribution >= 0.6 is 11.6 Å². The fraction of sp³-hybridized carbons (Fsp3) is 0.286. The van der Waals surface area contributed by atoms with Gasteiger partial charge in [0.25, 0.3) is 0 Å². The highest BCUT2D eigenvalue weighted by Crippen LogP contribution is 2.29. The van der Waals surface area contributed by atoms with Crippen molar-refractivity contribution in [2.45, 2.75) is 19.3 Å². The standard InChI is InChI=1S/C12H11ClN2O3.C2H6/c1-18-10-6-15-11(13)4-8(10)9-5-14-3-2-7(9)12(16)17;1-2/h2-6,11,15H,1H3,(H,16,17);1-2H3. The van der Waals surface area contributed by atoms with Crippen LogP contribution in [0.25, 0.3) is 5.57 Å². The molecule has 0 aliphatic carbocycles. The number of nitrogens with one attached hydrogen (secondary N) is 1. The number of aromatic nitrogens is 1. The molecular formula is C14H17ClN2O3. The minimum absolute atomic E-state index is 0.157. The van der Waals surface area contributed by atoms with Crippen LogP contribution in [0.1, 0.15) is 29.8 Å². The van der Waals surface area contributed by atoms with Gasteiger partial charge in [0.15, 0.2) is 0 Å². The zero-order valence-electron chi connectivity index (χ0n) is 11.6. The number of rotatable bonds is 3. The van der Waals surface area contributed by atoms with E-state index in [2.05, 4.69) is 10.3 Å². The molecule has 1 aromatic rings. The van der Waals surface area contributed by atoms with Crippen LogP contribution in [0, 0.1) is 0 Å². The van der Waals surface area contributed by atoms with Crippen molar-refractivity contribution in [1.29, 1.82) is 0 Å². The van der Waals surface area contributed by atoms with Gasteiger partial charge in [0.2, 0.25) is 0 Å². The molecule has 0 spiro atoms. The summed E-state index contributed by atoms with van der Waals surface area (Å²) in [4.78, 5) is 15.1. The molecule has 2 heterocycles. The van der Waals surface area contributed by atoms with E-state index in [1.54, 1.807) is 12.3 Å². The van der Waals surface area contributed by atoms with Gasteiger partial charge in [-0.1, -0.05) is 25.4 Å². The van der Waals surface area contributed by atoms with Gasteiger partial charge >= 0.3 is 5.97 Å². The van der Waals surface area contributed by atoms with E-state index in [0.717, 1.165) is 0 Å². The minimum Gasteiger partial charge on any atom is -0.495 e. The Labute approximate surface area is 122 Å². The van der Waals surface area contributed by atoms with Crippen molar-refractivity contribution in [3.8, 4) is 0 Å². The van der Waals surface area contributed by atoms with Crippen molar-refractivity contribution >= 4 is 23.1 Å². The van der Waals surface area contributed by atoms with E-state index in [9.17, 15) is 4.79 Å². The molecule has 1 unspecified atom stereocenters. The van der Waals surface area contributed by atoms with E-state index in [1.165, 1.54) is 25.6 Å². The first-order valence-corrected chi connectivity index (χ1v) is 6.61. The quantitative estimate of drug-likeness (QED) is 0.663. The molecule has 0 saturated carbocycles. The number of hydrogen-bond acceptors (Lipinski definition) is 4. The van der Waals surface area contributed by atoms with Crippen LogP contribution in [-0.2, 0) is 4.74 Å². The summed E-state index contributed by atoms with van der Waals surface area (Å²) in [5.74, 6) is -0.504. The Balaban J connectivity index is 0.000000956. The lowest BCUT2D eigenvalue weighted by Gasteiger charge is -2.20. The van der Waals surface area contributed by atoms with E-state index in [0.29, 0.717) is 16.9 Å². The Morgan fingerprint density at radius 3 is 2.80 bits per heavy atom. The van der Waals surface area contributed by atoms with Crippen molar-refractivity contribution < 1.29 is 14.6 Å². The van der Waals surface area contributed by atoms with E-state index in [-0.39, 0.29) is 5.56 Å². The van der Waals surface area contributed by atoms with Crippen molar-refractivity contribution in [2.75, 3.05) is 7.11 Å². The highest BCUT2D eigenvalue weighted by molar-refractivity contribution is 6.22. The van der Waals surface area contributed by atoms with Crippen LogP contribution in [0.2, 0.25) is 0 Å². The number of alkyl halides is 1. The van der Waals surface area contributed by atoms with Crippen LogP contribution in [0.4, 0.5) is 0 Å². The van der Waals surface area contributed by atoms with Crippen LogP contribution in [0.3, 0.4) is 0 Å². The first-order valence-electron chi connectivity index (χ1n) is 6.17. The number of carboxylic acids is 1. The van der Waals surface area contributed by atoms with Crippen molar-refractivity contribution in [3.05, 3.63) is 47.6 Å². The van der Waals surface area contributed by atoms with Gasteiger partial charge in [-0.15, -0.1) is 0 Å². The van der Waals surface area contributed by atoms with Crippen LogP contribution in [-0.4, -0.2) is 28.7 Å². The van der Waals surface area contributed by atoms with Gasteiger partial charge in [0, 0.05) is 29.7 Å². The molecule has 108 valence electrons. The predicted octanol–water partition coefficient (Wildman–Crippen LogP) is 2.85. The number of aromatic carboxylic acids is 1. The molecule has 0 bridgehead atoms. The molecule has 1 atom stereocenters. The Morgan fingerprint density at radius 1 is 1.50 bits per heavy atom. The fourth-order valence-electron chi connectivity index (χ4n) is 1.70. The average Bonchev–Trinajstić information content (AvgIpc) is 2.49. The maximum absolute atomic E-state index is 11.2. The number of nitrogens with zero attached hydrogens (tertiary/aromatic N) is 1. The number of methoxy groups -OCH3 is 1. The summed E-state index contributed by atoms with van der Waals surface area (Å²) in [6.07, 6.45) is 6.20. The first kappa shape index (κ1) is 16.0. The molecule has 0 radical (unpaired) electrons. The van der Waals surface area contributed by atoms with E-state index >= 15 is 0 Å². The van der Waals surface area contributed by atoms with E-state index in [1.807, 2.05) is 13.8 Å². The fourth-order valence-corrected chi connectivity index (χ4v) is 1.89. The molecule has 0 amide bonds. The smallest absolute Gasteiger partial charge is 0.336 e. The topological polar surface area (TPSA) is 71.5 Å². The van der Waals surface area contributed by atoms with Crippen molar-refractivity contribution in [3.63, 3.8) is 0 Å². The number of carbonyl (C=O) groups is 1. The second-order valence-corrected chi connectivity index (χ2v) is 4.06. The Morgan fingerprint density at radius 2 is 2.20 bits per heavy atom. The van der Waals surface area contributed by atoms with E-state index < -0.39 is 11.5 Å². The second kappa shape index (κ2) is 7.55. The molecule has 0 fully saturated rings.